The molecule has 0 amide bonds. The van der Waals surface area contributed by atoms with E-state index in [0.717, 1.165) is 6.26 Å². The molecule has 6 nitrogen and oxygen atoms in total. The smallest absolute Gasteiger partial charge is 0.328 e. The Balaban J connectivity index is 2.67. The molecule has 0 spiro atoms. The van der Waals surface area contributed by atoms with Crippen molar-refractivity contribution in [1.29, 1.82) is 0 Å². The molecule has 1 fully saturated rings. The molecule has 0 aliphatic carbocycles. The van der Waals surface area contributed by atoms with Gasteiger partial charge < -0.3 is 10.3 Å². The van der Waals surface area contributed by atoms with Gasteiger partial charge in [-0.05, 0) is 12.8 Å². The monoisotopic (exact) mass is 254 g/mol. The zero-order valence-electron chi connectivity index (χ0n) is 8.47. The van der Waals surface area contributed by atoms with Crippen LogP contribution in [-0.2, 0) is 19.3 Å². The molecule has 1 saturated heterocycles. The molecule has 0 aromatic carbocycles. The average Bonchev–Trinajstić information content (AvgIpc) is 2.15. The standard InChI is InChI=1S/C7H15N2O4PS/c1-15(11,12)9-4-2-7(8,3-5-9)6(10)13-14/h2-5,8,14H2,1H3. The van der Waals surface area contributed by atoms with Crippen molar-refractivity contribution in [2.75, 3.05) is 19.3 Å². The maximum Gasteiger partial charge on any atom is 0.328 e. The van der Waals surface area contributed by atoms with Gasteiger partial charge in [0.1, 0.15) is 5.54 Å². The highest BCUT2D eigenvalue weighted by molar-refractivity contribution is 7.88. The Morgan fingerprint density at radius 1 is 1.47 bits per heavy atom. The summed E-state index contributed by atoms with van der Waals surface area (Å²) in [6, 6.07) is 0. The Hall–Kier alpha value is -0.230. The summed E-state index contributed by atoms with van der Waals surface area (Å²) in [4.78, 5) is 11.3. The lowest BCUT2D eigenvalue weighted by Gasteiger charge is -2.35. The Morgan fingerprint density at radius 2 is 1.93 bits per heavy atom. The maximum atomic E-state index is 11.3. The van der Waals surface area contributed by atoms with E-state index >= 15 is 0 Å². The number of carbonyl (C=O) groups excluding carboxylic acids is 1. The Kier molecular flexibility index (Phi) is 3.71. The lowest BCUT2D eigenvalue weighted by Crippen LogP contribution is -2.56. The molecule has 15 heavy (non-hydrogen) atoms. The van der Waals surface area contributed by atoms with Crippen molar-refractivity contribution in [2.45, 2.75) is 18.4 Å². The van der Waals surface area contributed by atoms with Crippen molar-refractivity contribution in [1.82, 2.24) is 4.31 Å². The van der Waals surface area contributed by atoms with Crippen LogP contribution in [0.15, 0.2) is 0 Å². The number of nitrogens with zero attached hydrogens (tertiary/aromatic N) is 1. The Bertz CT molecular complexity index is 348. The lowest BCUT2D eigenvalue weighted by molar-refractivity contribution is -0.140. The van der Waals surface area contributed by atoms with Crippen LogP contribution in [0.4, 0.5) is 0 Å². The molecule has 0 aromatic rings. The minimum atomic E-state index is -3.19. The van der Waals surface area contributed by atoms with E-state index in [0.29, 0.717) is 0 Å². The van der Waals surface area contributed by atoms with Gasteiger partial charge in [-0.3, -0.25) is 0 Å². The largest absolute Gasteiger partial charge is 0.450 e. The molecule has 1 heterocycles. The van der Waals surface area contributed by atoms with Gasteiger partial charge in [-0.15, -0.1) is 0 Å². The number of hydrogen-bond acceptors (Lipinski definition) is 5. The zero-order chi connectivity index (χ0) is 11.7. The van der Waals surface area contributed by atoms with Crippen molar-refractivity contribution in [3.63, 3.8) is 0 Å². The van der Waals surface area contributed by atoms with Crippen molar-refractivity contribution >= 4 is 25.5 Å². The van der Waals surface area contributed by atoms with E-state index < -0.39 is 21.5 Å². The fraction of sp³-hybridized carbons (Fsp3) is 0.857. The molecule has 88 valence electrons. The van der Waals surface area contributed by atoms with Crippen LogP contribution in [0, 0.1) is 0 Å². The second kappa shape index (κ2) is 4.33. The van der Waals surface area contributed by atoms with E-state index in [1.165, 1.54) is 4.31 Å². The average molecular weight is 254 g/mol. The number of sulfonamides is 1. The topological polar surface area (TPSA) is 89.7 Å². The van der Waals surface area contributed by atoms with Crippen LogP contribution in [-0.4, -0.2) is 43.6 Å². The van der Waals surface area contributed by atoms with Gasteiger partial charge in [-0.25, -0.2) is 17.5 Å². The molecular formula is C7H15N2O4PS. The van der Waals surface area contributed by atoms with Crippen LogP contribution in [0.3, 0.4) is 0 Å². The SMILES string of the molecule is CS(=O)(=O)N1CCC(N)(C(=O)OP)CC1. The maximum absolute atomic E-state index is 11.3. The molecule has 1 unspecified atom stereocenters. The van der Waals surface area contributed by atoms with Crippen LogP contribution in [0.25, 0.3) is 0 Å². The predicted molar refractivity (Wildman–Crippen MR) is 58.4 cm³/mol. The summed E-state index contributed by atoms with van der Waals surface area (Å²) in [5, 5.41) is 0. The molecular weight excluding hydrogens is 239 g/mol. The van der Waals surface area contributed by atoms with Crippen molar-refractivity contribution < 1.29 is 17.7 Å². The molecule has 2 N–H and O–H groups in total. The van der Waals surface area contributed by atoms with Gasteiger partial charge in [-0.1, -0.05) is 0 Å². The van der Waals surface area contributed by atoms with Gasteiger partial charge >= 0.3 is 5.97 Å². The lowest BCUT2D eigenvalue weighted by atomic mass is 9.90. The molecule has 1 aliphatic rings. The molecule has 0 radical (unpaired) electrons. The highest BCUT2D eigenvalue weighted by Crippen LogP contribution is 2.23. The molecule has 8 heteroatoms. The fourth-order valence-electron chi connectivity index (χ4n) is 1.54. The number of rotatable bonds is 2. The number of carbonyl (C=O) groups is 1. The number of hydrogen-bond donors (Lipinski definition) is 1. The van der Waals surface area contributed by atoms with Crippen LogP contribution >= 0.6 is 9.47 Å². The van der Waals surface area contributed by atoms with E-state index in [2.05, 4.69) is 4.52 Å². The third-order valence-corrected chi connectivity index (χ3v) is 4.11. The second-order valence-electron chi connectivity index (χ2n) is 3.72. The number of piperidine rings is 1. The normalized spacial score (nSPS) is 22.3. The van der Waals surface area contributed by atoms with E-state index in [1.807, 2.05) is 9.47 Å². The Labute approximate surface area is 91.5 Å². The van der Waals surface area contributed by atoms with Gasteiger partial charge in [0.05, 0.1) is 15.7 Å². The quantitative estimate of drug-likeness (QED) is 0.643. The van der Waals surface area contributed by atoms with E-state index in [-0.39, 0.29) is 25.9 Å². The Morgan fingerprint density at radius 3 is 2.27 bits per heavy atom. The first-order valence-corrected chi connectivity index (χ1v) is 6.77. The van der Waals surface area contributed by atoms with E-state index in [9.17, 15) is 13.2 Å². The third-order valence-electron chi connectivity index (χ3n) is 2.60. The second-order valence-corrected chi connectivity index (χ2v) is 5.94. The van der Waals surface area contributed by atoms with Gasteiger partial charge in [-0.2, -0.15) is 0 Å². The highest BCUT2D eigenvalue weighted by Gasteiger charge is 2.40. The van der Waals surface area contributed by atoms with Crippen LogP contribution in [0.1, 0.15) is 12.8 Å². The fourth-order valence-corrected chi connectivity index (χ4v) is 2.62. The molecule has 1 atom stereocenters. The van der Waals surface area contributed by atoms with Gasteiger partial charge in [0.2, 0.25) is 10.0 Å². The summed E-state index contributed by atoms with van der Waals surface area (Å²) in [5.41, 5.74) is 4.76. The number of nitrogens with two attached hydrogens (primary N) is 1. The van der Waals surface area contributed by atoms with Crippen LogP contribution < -0.4 is 5.73 Å². The summed E-state index contributed by atoms with van der Waals surface area (Å²) in [5.74, 6) is -0.513. The van der Waals surface area contributed by atoms with Crippen molar-refractivity contribution in [2.24, 2.45) is 5.73 Å². The van der Waals surface area contributed by atoms with Gasteiger partial charge in [0.25, 0.3) is 0 Å². The molecule has 0 bridgehead atoms. The van der Waals surface area contributed by atoms with E-state index in [1.54, 1.807) is 0 Å². The summed E-state index contributed by atoms with van der Waals surface area (Å²) < 4.78 is 28.2. The van der Waals surface area contributed by atoms with Gasteiger partial charge in [0, 0.05) is 13.1 Å². The summed E-state index contributed by atoms with van der Waals surface area (Å²) in [6.45, 7) is 0.518. The first kappa shape index (κ1) is 12.8. The summed E-state index contributed by atoms with van der Waals surface area (Å²) >= 11 is 0. The van der Waals surface area contributed by atoms with Crippen molar-refractivity contribution in [3.8, 4) is 0 Å². The first-order chi connectivity index (χ1) is 6.79. The van der Waals surface area contributed by atoms with Gasteiger partial charge in [0.15, 0.2) is 0 Å². The summed E-state index contributed by atoms with van der Waals surface area (Å²) in [7, 11) is -1.33. The minimum absolute atomic E-state index is 0.259. The van der Waals surface area contributed by atoms with Crippen LogP contribution in [0.2, 0.25) is 0 Å². The molecule has 0 saturated carbocycles. The van der Waals surface area contributed by atoms with E-state index in [4.69, 9.17) is 5.73 Å². The van der Waals surface area contributed by atoms with Crippen LogP contribution in [0.5, 0.6) is 0 Å². The molecule has 0 aromatic heterocycles. The summed E-state index contributed by atoms with van der Waals surface area (Å²) in [6.07, 6.45) is 1.71. The third kappa shape index (κ3) is 2.87. The molecule has 1 aliphatic heterocycles. The molecule has 1 rings (SSSR count). The zero-order valence-corrected chi connectivity index (χ0v) is 10.4. The first-order valence-electron chi connectivity index (χ1n) is 4.45. The highest BCUT2D eigenvalue weighted by atomic mass is 32.2. The minimum Gasteiger partial charge on any atom is -0.450 e. The van der Waals surface area contributed by atoms with Crippen molar-refractivity contribution in [3.05, 3.63) is 0 Å². The predicted octanol–water partition coefficient (Wildman–Crippen LogP) is -0.927.